The van der Waals surface area contributed by atoms with Gasteiger partial charge >= 0.3 is 0 Å². The Labute approximate surface area is 108 Å². The van der Waals surface area contributed by atoms with Gasteiger partial charge in [-0.1, -0.05) is 19.1 Å². The van der Waals surface area contributed by atoms with Crippen molar-refractivity contribution in [2.75, 3.05) is 0 Å². The lowest BCUT2D eigenvalue weighted by atomic mass is 9.89. The van der Waals surface area contributed by atoms with Gasteiger partial charge in [0.25, 0.3) is 0 Å². The number of fused-ring (bicyclic) bond motifs is 3. The fraction of sp³-hybridized carbons (Fsp3) is 0.455. The minimum absolute atomic E-state index is 0.629. The van der Waals surface area contributed by atoms with Crippen LogP contribution in [0.15, 0.2) is 0 Å². The fourth-order valence-electron chi connectivity index (χ4n) is 2.38. The number of aromatic amines is 2. The van der Waals surface area contributed by atoms with Crippen molar-refractivity contribution in [1.29, 1.82) is 0 Å². The first-order chi connectivity index (χ1) is 7.65. The van der Waals surface area contributed by atoms with Crippen molar-refractivity contribution in [3.8, 4) is 0 Å². The number of thiophene rings is 1. The molecule has 0 aliphatic heterocycles. The second kappa shape index (κ2) is 3.75. The van der Waals surface area contributed by atoms with Crippen LogP contribution in [-0.2, 0) is 12.8 Å². The van der Waals surface area contributed by atoms with E-state index in [0.29, 0.717) is 4.77 Å². The molecule has 0 bridgehead atoms. The van der Waals surface area contributed by atoms with E-state index in [1.165, 1.54) is 28.7 Å². The van der Waals surface area contributed by atoms with Gasteiger partial charge in [-0.3, -0.25) is 0 Å². The van der Waals surface area contributed by atoms with Crippen molar-refractivity contribution in [1.82, 2.24) is 9.97 Å². The molecular weight excluding hydrogens is 256 g/mol. The molecule has 0 radical (unpaired) electrons. The standard InChI is InChI=1S/C11H12N2S3/c1-5-2-3-6-7(4-5)16-10-8(6)9(14)12-11(15)13-10/h5H,2-4H2,1H3,(H2,12,13,14,15)/t5-/m0/s1. The second-order valence-corrected chi connectivity index (χ2v) is 6.39. The van der Waals surface area contributed by atoms with Crippen LogP contribution in [0.4, 0.5) is 0 Å². The van der Waals surface area contributed by atoms with Crippen LogP contribution < -0.4 is 0 Å². The zero-order valence-corrected chi connectivity index (χ0v) is 11.4. The minimum Gasteiger partial charge on any atom is -0.324 e. The van der Waals surface area contributed by atoms with Gasteiger partial charge in [-0.15, -0.1) is 11.3 Å². The Morgan fingerprint density at radius 3 is 2.94 bits per heavy atom. The van der Waals surface area contributed by atoms with Crippen LogP contribution in [0.2, 0.25) is 0 Å². The SMILES string of the molecule is C[C@H]1CCc2c(sc3[nH]c(=S)[nH]c(=S)c23)C1. The van der Waals surface area contributed by atoms with Crippen LogP contribution in [0.25, 0.3) is 10.2 Å². The summed E-state index contributed by atoms with van der Waals surface area (Å²) >= 11 is 12.3. The summed E-state index contributed by atoms with van der Waals surface area (Å²) < 4.78 is 1.43. The number of rotatable bonds is 0. The maximum absolute atomic E-state index is 5.37. The molecule has 1 aliphatic carbocycles. The highest BCUT2D eigenvalue weighted by Crippen LogP contribution is 2.37. The van der Waals surface area contributed by atoms with Gasteiger partial charge in [-0.05, 0) is 43.0 Å². The molecule has 0 fully saturated rings. The summed E-state index contributed by atoms with van der Waals surface area (Å²) in [6, 6.07) is 0. The summed E-state index contributed by atoms with van der Waals surface area (Å²) in [6.45, 7) is 2.32. The van der Waals surface area contributed by atoms with Gasteiger partial charge in [-0.25, -0.2) is 0 Å². The summed E-state index contributed by atoms with van der Waals surface area (Å²) in [5.74, 6) is 0.793. The molecule has 5 heteroatoms. The molecule has 1 aliphatic rings. The number of hydrogen-bond donors (Lipinski definition) is 2. The molecule has 3 rings (SSSR count). The lowest BCUT2D eigenvalue weighted by molar-refractivity contribution is 0.509. The molecule has 0 unspecified atom stereocenters. The molecule has 0 saturated carbocycles. The van der Waals surface area contributed by atoms with Crippen molar-refractivity contribution in [3.63, 3.8) is 0 Å². The number of aromatic nitrogens is 2. The van der Waals surface area contributed by atoms with Crippen molar-refractivity contribution in [2.45, 2.75) is 26.2 Å². The molecule has 2 aromatic heterocycles. The highest BCUT2D eigenvalue weighted by molar-refractivity contribution is 7.72. The molecule has 0 saturated heterocycles. The molecule has 1 atom stereocenters. The molecule has 84 valence electrons. The Balaban J connectivity index is 2.38. The first-order valence-corrected chi connectivity index (χ1v) is 7.05. The molecule has 2 aromatic rings. The average molecular weight is 268 g/mol. The van der Waals surface area contributed by atoms with Gasteiger partial charge in [0.15, 0.2) is 4.77 Å². The van der Waals surface area contributed by atoms with Gasteiger partial charge in [0.1, 0.15) is 9.47 Å². The quantitative estimate of drug-likeness (QED) is 0.704. The van der Waals surface area contributed by atoms with E-state index in [9.17, 15) is 0 Å². The van der Waals surface area contributed by atoms with Crippen LogP contribution in [0.5, 0.6) is 0 Å². The molecule has 2 heterocycles. The highest BCUT2D eigenvalue weighted by atomic mass is 32.1. The van der Waals surface area contributed by atoms with Crippen molar-refractivity contribution in [2.24, 2.45) is 5.92 Å². The molecule has 2 nitrogen and oxygen atoms in total. The molecule has 0 spiro atoms. The normalized spacial score (nSPS) is 19.9. The van der Waals surface area contributed by atoms with Crippen LogP contribution >= 0.6 is 35.8 Å². The second-order valence-electron chi connectivity index (χ2n) is 4.46. The van der Waals surface area contributed by atoms with Crippen LogP contribution in [-0.4, -0.2) is 9.97 Å². The van der Waals surface area contributed by atoms with E-state index in [0.717, 1.165) is 21.8 Å². The lowest BCUT2D eigenvalue weighted by Gasteiger charge is -2.17. The summed E-state index contributed by atoms with van der Waals surface area (Å²) in [4.78, 5) is 8.89. The highest BCUT2D eigenvalue weighted by Gasteiger charge is 2.21. The van der Waals surface area contributed by atoms with Gasteiger partial charge in [0.2, 0.25) is 0 Å². The predicted molar refractivity (Wildman–Crippen MR) is 73.4 cm³/mol. The van der Waals surface area contributed by atoms with Crippen LogP contribution in [0.1, 0.15) is 23.8 Å². The topological polar surface area (TPSA) is 31.6 Å². The maximum atomic E-state index is 5.37. The third-order valence-corrected chi connectivity index (χ3v) is 4.87. The van der Waals surface area contributed by atoms with E-state index in [1.807, 2.05) is 11.3 Å². The summed E-state index contributed by atoms with van der Waals surface area (Å²) in [7, 11) is 0. The average Bonchev–Trinajstić information content (AvgIpc) is 2.54. The summed E-state index contributed by atoms with van der Waals surface area (Å²) in [5.41, 5.74) is 1.45. The Morgan fingerprint density at radius 1 is 1.31 bits per heavy atom. The van der Waals surface area contributed by atoms with Crippen molar-refractivity contribution < 1.29 is 0 Å². The predicted octanol–water partition coefficient (Wildman–Crippen LogP) is 4.14. The smallest absolute Gasteiger partial charge is 0.176 e. The van der Waals surface area contributed by atoms with E-state index >= 15 is 0 Å². The van der Waals surface area contributed by atoms with E-state index in [4.69, 9.17) is 24.4 Å². The number of nitrogens with one attached hydrogen (secondary N) is 2. The number of aryl methyl sites for hydroxylation is 1. The molecule has 0 amide bonds. The Hall–Kier alpha value is -0.520. The first kappa shape index (κ1) is 10.6. The van der Waals surface area contributed by atoms with E-state index in [-0.39, 0.29) is 0 Å². The maximum Gasteiger partial charge on any atom is 0.176 e. The van der Waals surface area contributed by atoms with Gasteiger partial charge in [0.05, 0.1) is 0 Å². The van der Waals surface area contributed by atoms with E-state index in [2.05, 4.69) is 16.9 Å². The summed E-state index contributed by atoms with van der Waals surface area (Å²) in [5, 5.41) is 1.20. The molecule has 16 heavy (non-hydrogen) atoms. The van der Waals surface area contributed by atoms with Crippen LogP contribution in [0, 0.1) is 15.3 Å². The zero-order chi connectivity index (χ0) is 11.3. The number of H-pyrrole nitrogens is 2. The summed E-state index contributed by atoms with van der Waals surface area (Å²) in [6.07, 6.45) is 3.60. The van der Waals surface area contributed by atoms with Gasteiger partial charge in [0, 0.05) is 10.3 Å². The third-order valence-electron chi connectivity index (χ3n) is 3.19. The monoisotopic (exact) mass is 268 g/mol. The molecule has 0 aromatic carbocycles. The number of hydrogen-bond acceptors (Lipinski definition) is 3. The first-order valence-electron chi connectivity index (χ1n) is 5.42. The lowest BCUT2D eigenvalue weighted by Crippen LogP contribution is -2.08. The van der Waals surface area contributed by atoms with E-state index < -0.39 is 0 Å². The largest absolute Gasteiger partial charge is 0.324 e. The van der Waals surface area contributed by atoms with E-state index in [1.54, 1.807) is 0 Å². The molecule has 2 N–H and O–H groups in total. The van der Waals surface area contributed by atoms with Crippen LogP contribution in [0.3, 0.4) is 0 Å². The Bertz CT molecular complexity index is 662. The fourth-order valence-corrected chi connectivity index (χ4v) is 4.53. The Morgan fingerprint density at radius 2 is 2.12 bits per heavy atom. The van der Waals surface area contributed by atoms with Crippen molar-refractivity contribution in [3.05, 3.63) is 19.9 Å². The van der Waals surface area contributed by atoms with Gasteiger partial charge in [-0.2, -0.15) is 0 Å². The zero-order valence-electron chi connectivity index (χ0n) is 8.92. The van der Waals surface area contributed by atoms with Crippen molar-refractivity contribution >= 4 is 46.0 Å². The van der Waals surface area contributed by atoms with Gasteiger partial charge < -0.3 is 9.97 Å². The molecular formula is C11H12N2S3. The minimum atomic E-state index is 0.629. The third kappa shape index (κ3) is 1.58. The Kier molecular flexibility index (Phi) is 2.49.